The molecule has 0 unspecified atom stereocenters. The number of nitrogens with two attached hydrogens (primary N) is 1. The van der Waals surface area contributed by atoms with Crippen LogP contribution in [0.25, 0.3) is 0 Å². The number of carbonyl (C=O) groups is 2. The molecule has 0 radical (unpaired) electrons. The Kier molecular flexibility index (Phi) is 7.01. The van der Waals surface area contributed by atoms with Gasteiger partial charge in [-0.3, -0.25) is 9.59 Å². The summed E-state index contributed by atoms with van der Waals surface area (Å²) in [4.78, 5) is 28.1. The van der Waals surface area contributed by atoms with Crippen molar-refractivity contribution in [1.82, 2.24) is 15.1 Å². The molecule has 0 spiro atoms. The summed E-state index contributed by atoms with van der Waals surface area (Å²) in [6.45, 7) is 2.09. The third kappa shape index (κ3) is 6.58. The van der Waals surface area contributed by atoms with Crippen molar-refractivity contribution in [1.29, 1.82) is 0 Å². The number of benzene rings is 1. The number of rotatable bonds is 6. The highest BCUT2D eigenvalue weighted by atomic mass is 16.2. The topological polar surface area (TPSA) is 78.7 Å². The van der Waals surface area contributed by atoms with E-state index in [1.54, 1.807) is 6.08 Å². The molecule has 2 amide bonds. The van der Waals surface area contributed by atoms with E-state index in [2.05, 4.69) is 5.32 Å². The van der Waals surface area contributed by atoms with Crippen molar-refractivity contribution in [3.8, 4) is 0 Å². The lowest BCUT2D eigenvalue weighted by molar-refractivity contribution is -0.131. The van der Waals surface area contributed by atoms with Crippen molar-refractivity contribution in [2.24, 2.45) is 0 Å². The maximum atomic E-state index is 12.4. The fourth-order valence-corrected chi connectivity index (χ4v) is 2.88. The van der Waals surface area contributed by atoms with Crippen molar-refractivity contribution in [3.05, 3.63) is 42.0 Å². The molecule has 1 aliphatic rings. The van der Waals surface area contributed by atoms with E-state index in [4.69, 9.17) is 5.73 Å². The molecule has 0 bridgehead atoms. The van der Waals surface area contributed by atoms with Gasteiger partial charge in [0.25, 0.3) is 0 Å². The van der Waals surface area contributed by atoms with Gasteiger partial charge in [0, 0.05) is 37.4 Å². The number of amides is 2. The summed E-state index contributed by atoms with van der Waals surface area (Å²) in [7, 11) is 3.91. The van der Waals surface area contributed by atoms with Crippen LogP contribution in [0.1, 0.15) is 18.4 Å². The molecule has 0 saturated carbocycles. The van der Waals surface area contributed by atoms with Gasteiger partial charge in [0.2, 0.25) is 11.8 Å². The molecular weight excluding hydrogens is 316 g/mol. The highest BCUT2D eigenvalue weighted by molar-refractivity contribution is 5.87. The lowest BCUT2D eigenvalue weighted by atomic mass is 10.0. The number of nitrogen functional groups attached to an aromatic ring is 1. The van der Waals surface area contributed by atoms with Crippen LogP contribution >= 0.6 is 0 Å². The Labute approximate surface area is 149 Å². The minimum absolute atomic E-state index is 0.0635. The van der Waals surface area contributed by atoms with Gasteiger partial charge in [-0.2, -0.15) is 0 Å². The Hall–Kier alpha value is -2.34. The lowest BCUT2D eigenvalue weighted by Gasteiger charge is -2.32. The number of piperidine rings is 1. The van der Waals surface area contributed by atoms with E-state index >= 15 is 0 Å². The lowest BCUT2D eigenvalue weighted by Crippen LogP contribution is -2.46. The molecule has 136 valence electrons. The van der Waals surface area contributed by atoms with Crippen LogP contribution in [0.4, 0.5) is 5.69 Å². The molecule has 0 atom stereocenters. The van der Waals surface area contributed by atoms with Crippen LogP contribution in [0.2, 0.25) is 0 Å². The summed E-state index contributed by atoms with van der Waals surface area (Å²) in [5.74, 6) is 0.0487. The third-order valence-electron chi connectivity index (χ3n) is 4.24. The van der Waals surface area contributed by atoms with Crippen molar-refractivity contribution >= 4 is 17.5 Å². The molecule has 0 aromatic heterocycles. The minimum Gasteiger partial charge on any atom is -0.399 e. The molecule has 1 aromatic rings. The van der Waals surface area contributed by atoms with Gasteiger partial charge in [-0.15, -0.1) is 0 Å². The maximum Gasteiger partial charge on any atom is 0.243 e. The van der Waals surface area contributed by atoms with Crippen LogP contribution in [0.15, 0.2) is 36.4 Å². The zero-order valence-corrected chi connectivity index (χ0v) is 15.1. The molecule has 1 saturated heterocycles. The van der Waals surface area contributed by atoms with Crippen LogP contribution < -0.4 is 11.1 Å². The predicted molar refractivity (Wildman–Crippen MR) is 100.0 cm³/mol. The normalized spacial score (nSPS) is 15.7. The fraction of sp³-hybridized carbons (Fsp3) is 0.474. The van der Waals surface area contributed by atoms with Crippen LogP contribution in [-0.2, 0) is 16.0 Å². The van der Waals surface area contributed by atoms with Gasteiger partial charge < -0.3 is 20.9 Å². The Bertz CT molecular complexity index is 620. The second-order valence-corrected chi connectivity index (χ2v) is 6.75. The second kappa shape index (κ2) is 9.22. The number of hydrogen-bond donors (Lipinski definition) is 2. The highest BCUT2D eigenvalue weighted by Gasteiger charge is 2.23. The first-order valence-corrected chi connectivity index (χ1v) is 8.68. The van der Waals surface area contributed by atoms with Crippen molar-refractivity contribution in [2.45, 2.75) is 25.3 Å². The monoisotopic (exact) mass is 344 g/mol. The number of anilines is 1. The van der Waals surface area contributed by atoms with Crippen molar-refractivity contribution < 1.29 is 9.59 Å². The molecule has 3 N–H and O–H groups in total. The van der Waals surface area contributed by atoms with E-state index in [1.807, 2.05) is 54.2 Å². The Balaban J connectivity index is 1.74. The van der Waals surface area contributed by atoms with Crippen LogP contribution in [0.3, 0.4) is 0 Å². The standard InChI is InChI=1S/C19H28N4O2/c1-22(2)10-4-7-18(24)21-17-8-11-23(12-9-17)19(25)14-15-5-3-6-16(20)13-15/h3-7,13,17H,8-12,14,20H2,1-2H3,(H,21,24)/b7-4+. The molecule has 6 heteroatoms. The summed E-state index contributed by atoms with van der Waals surface area (Å²) in [5.41, 5.74) is 7.37. The first-order chi connectivity index (χ1) is 11.9. The van der Waals surface area contributed by atoms with Gasteiger partial charge in [-0.05, 0) is 44.6 Å². The van der Waals surface area contributed by atoms with E-state index in [9.17, 15) is 9.59 Å². The molecule has 25 heavy (non-hydrogen) atoms. The van der Waals surface area contributed by atoms with Crippen LogP contribution in [0.5, 0.6) is 0 Å². The highest BCUT2D eigenvalue weighted by Crippen LogP contribution is 2.14. The molecule has 0 aliphatic carbocycles. The Morgan fingerprint density at radius 1 is 1.32 bits per heavy atom. The second-order valence-electron chi connectivity index (χ2n) is 6.75. The molecule has 6 nitrogen and oxygen atoms in total. The Morgan fingerprint density at radius 3 is 2.68 bits per heavy atom. The first kappa shape index (κ1) is 19.0. The average molecular weight is 344 g/mol. The number of likely N-dealkylation sites (N-methyl/N-ethyl adjacent to an activating group) is 1. The fourth-order valence-electron chi connectivity index (χ4n) is 2.88. The van der Waals surface area contributed by atoms with E-state index in [1.165, 1.54) is 0 Å². The van der Waals surface area contributed by atoms with Gasteiger partial charge in [0.05, 0.1) is 6.42 Å². The molecule has 1 fully saturated rings. The average Bonchev–Trinajstić information content (AvgIpc) is 2.55. The number of nitrogens with one attached hydrogen (secondary N) is 1. The predicted octanol–water partition coefficient (Wildman–Crippen LogP) is 1.04. The van der Waals surface area contributed by atoms with Gasteiger partial charge in [-0.25, -0.2) is 0 Å². The summed E-state index contributed by atoms with van der Waals surface area (Å²) >= 11 is 0. The third-order valence-corrected chi connectivity index (χ3v) is 4.24. The van der Waals surface area contributed by atoms with Gasteiger partial charge in [0.15, 0.2) is 0 Å². The van der Waals surface area contributed by atoms with E-state index in [-0.39, 0.29) is 17.9 Å². The van der Waals surface area contributed by atoms with Crippen LogP contribution in [-0.4, -0.2) is 61.4 Å². The maximum absolute atomic E-state index is 12.4. The van der Waals surface area contributed by atoms with E-state index in [0.717, 1.165) is 24.9 Å². The molecule has 1 aromatic carbocycles. The zero-order chi connectivity index (χ0) is 18.2. The summed E-state index contributed by atoms with van der Waals surface area (Å²) in [6, 6.07) is 7.57. The summed E-state index contributed by atoms with van der Waals surface area (Å²) in [5, 5.41) is 3.01. The summed E-state index contributed by atoms with van der Waals surface area (Å²) < 4.78 is 0. The van der Waals surface area contributed by atoms with Gasteiger partial charge in [0.1, 0.15) is 0 Å². The molecular formula is C19H28N4O2. The van der Waals surface area contributed by atoms with Gasteiger partial charge >= 0.3 is 0 Å². The SMILES string of the molecule is CN(C)C/C=C/C(=O)NC1CCN(C(=O)Cc2cccc(N)c2)CC1. The molecule has 2 rings (SSSR count). The van der Waals surface area contributed by atoms with E-state index < -0.39 is 0 Å². The number of hydrogen-bond acceptors (Lipinski definition) is 4. The molecule has 1 heterocycles. The summed E-state index contributed by atoms with van der Waals surface area (Å²) in [6.07, 6.45) is 5.37. The van der Waals surface area contributed by atoms with Crippen molar-refractivity contribution in [3.63, 3.8) is 0 Å². The quantitative estimate of drug-likeness (QED) is 0.597. The first-order valence-electron chi connectivity index (χ1n) is 8.68. The Morgan fingerprint density at radius 2 is 2.04 bits per heavy atom. The van der Waals surface area contributed by atoms with E-state index in [0.29, 0.717) is 25.2 Å². The number of likely N-dealkylation sites (tertiary alicyclic amines) is 1. The number of carbonyl (C=O) groups excluding carboxylic acids is 2. The smallest absolute Gasteiger partial charge is 0.243 e. The van der Waals surface area contributed by atoms with Crippen LogP contribution in [0, 0.1) is 0 Å². The largest absolute Gasteiger partial charge is 0.399 e. The van der Waals surface area contributed by atoms with Gasteiger partial charge in [-0.1, -0.05) is 18.2 Å². The molecule has 1 aliphatic heterocycles. The minimum atomic E-state index is -0.0635. The number of nitrogens with zero attached hydrogens (tertiary/aromatic N) is 2. The zero-order valence-electron chi connectivity index (χ0n) is 15.1. The van der Waals surface area contributed by atoms with Crippen molar-refractivity contribution in [2.75, 3.05) is 39.5 Å².